The first-order valence-electron chi connectivity index (χ1n) is 4.80. The Labute approximate surface area is 88.3 Å². The van der Waals surface area contributed by atoms with E-state index in [1.165, 1.54) is 0 Å². The minimum atomic E-state index is -1.46. The average molecular weight is 205 g/mol. The summed E-state index contributed by atoms with van der Waals surface area (Å²) in [5, 5.41) is 18.1. The Bertz CT molecular complexity index is 394. The second kappa shape index (κ2) is 3.68. The summed E-state index contributed by atoms with van der Waals surface area (Å²) in [6, 6.07) is 5.13. The third kappa shape index (κ3) is 1.64. The predicted molar refractivity (Wildman–Crippen MR) is 58.3 cm³/mol. The van der Waals surface area contributed by atoms with Gasteiger partial charge in [-0.15, -0.1) is 0 Å². The molecule has 1 heterocycles. The van der Waals surface area contributed by atoms with Crippen molar-refractivity contribution in [2.24, 2.45) is 0 Å². The third-order valence-electron chi connectivity index (χ3n) is 2.80. The first kappa shape index (κ1) is 10.2. The lowest BCUT2D eigenvalue weighted by Crippen LogP contribution is -2.30. The summed E-state index contributed by atoms with van der Waals surface area (Å²) in [5.74, 6) is -0.102. The van der Waals surface area contributed by atoms with Gasteiger partial charge in [0.2, 0.25) is 0 Å². The number of likely N-dealkylation sites (N-methyl/N-ethyl adjacent to an activating group) is 1. The van der Waals surface area contributed by atoms with E-state index in [2.05, 4.69) is 0 Å². The molecule has 0 radical (unpaired) electrons. The average Bonchev–Trinajstić information content (AvgIpc) is 2.55. The van der Waals surface area contributed by atoms with Crippen LogP contribution in [0.4, 0.5) is 5.69 Å². The Hall–Kier alpha value is -1.33. The van der Waals surface area contributed by atoms with E-state index in [4.69, 9.17) is 10.0 Å². The van der Waals surface area contributed by atoms with Crippen molar-refractivity contribution < 1.29 is 14.8 Å². The molecule has 1 aliphatic heterocycles. The molecular formula is C10H12BNO3. The molecule has 0 aromatic heterocycles. The van der Waals surface area contributed by atoms with Crippen LogP contribution in [0.2, 0.25) is 0 Å². The highest BCUT2D eigenvalue weighted by atomic mass is 16.4. The number of hydrogen-bond acceptors (Lipinski definition) is 4. The second-order valence-corrected chi connectivity index (χ2v) is 3.82. The topological polar surface area (TPSA) is 60.8 Å². The van der Waals surface area contributed by atoms with E-state index in [9.17, 15) is 4.79 Å². The number of carbonyl (C=O) groups excluding carboxylic acids is 1. The van der Waals surface area contributed by atoms with Gasteiger partial charge < -0.3 is 19.7 Å². The van der Waals surface area contributed by atoms with Crippen molar-refractivity contribution in [2.75, 3.05) is 18.5 Å². The molecule has 4 nitrogen and oxygen atoms in total. The zero-order valence-electron chi connectivity index (χ0n) is 8.42. The predicted octanol–water partition coefficient (Wildman–Crippen LogP) is -0.901. The fourth-order valence-electron chi connectivity index (χ4n) is 1.97. The summed E-state index contributed by atoms with van der Waals surface area (Å²) in [6.45, 7) is 0.657. The SMILES string of the molecule is CN1CC(C=O)c2ccc(B(O)O)cc21. The zero-order valence-corrected chi connectivity index (χ0v) is 8.42. The van der Waals surface area contributed by atoms with Crippen LogP contribution in [0.15, 0.2) is 18.2 Å². The molecule has 0 amide bonds. The van der Waals surface area contributed by atoms with Gasteiger partial charge in [-0.05, 0) is 17.1 Å². The van der Waals surface area contributed by atoms with Gasteiger partial charge >= 0.3 is 7.12 Å². The summed E-state index contributed by atoms with van der Waals surface area (Å²) >= 11 is 0. The molecule has 0 saturated carbocycles. The molecule has 1 aromatic rings. The van der Waals surface area contributed by atoms with E-state index in [1.54, 1.807) is 18.2 Å². The standard InChI is InChI=1S/C10H12BNO3/c1-12-5-7(6-13)9-3-2-8(11(14)15)4-10(9)12/h2-4,6-7,14-15H,5H2,1H3. The van der Waals surface area contributed by atoms with Gasteiger partial charge in [-0.2, -0.15) is 0 Å². The van der Waals surface area contributed by atoms with Crippen LogP contribution in [0.25, 0.3) is 0 Å². The summed E-state index contributed by atoms with van der Waals surface area (Å²) in [5.41, 5.74) is 2.31. The highest BCUT2D eigenvalue weighted by Crippen LogP contribution is 2.32. The van der Waals surface area contributed by atoms with Crippen LogP contribution in [0.1, 0.15) is 11.5 Å². The number of aldehydes is 1. The Balaban J connectivity index is 2.45. The first-order chi connectivity index (χ1) is 7.13. The first-order valence-corrected chi connectivity index (χ1v) is 4.80. The molecule has 1 atom stereocenters. The van der Waals surface area contributed by atoms with Crippen LogP contribution >= 0.6 is 0 Å². The van der Waals surface area contributed by atoms with Crippen molar-refractivity contribution >= 4 is 24.6 Å². The summed E-state index contributed by atoms with van der Waals surface area (Å²) in [4.78, 5) is 12.8. The van der Waals surface area contributed by atoms with E-state index >= 15 is 0 Å². The fourth-order valence-corrected chi connectivity index (χ4v) is 1.97. The van der Waals surface area contributed by atoms with Gasteiger partial charge in [-0.1, -0.05) is 12.1 Å². The molecule has 0 bridgehead atoms. The highest BCUT2D eigenvalue weighted by Gasteiger charge is 2.27. The maximum absolute atomic E-state index is 10.8. The summed E-state index contributed by atoms with van der Waals surface area (Å²) in [6.07, 6.45) is 0.928. The lowest BCUT2D eigenvalue weighted by atomic mass is 9.79. The van der Waals surface area contributed by atoms with Crippen molar-refractivity contribution in [2.45, 2.75) is 5.92 Å². The van der Waals surface area contributed by atoms with Gasteiger partial charge in [0.05, 0.1) is 5.92 Å². The number of nitrogens with zero attached hydrogens (tertiary/aromatic N) is 1. The molecule has 0 saturated heterocycles. The molecule has 1 unspecified atom stereocenters. The minimum Gasteiger partial charge on any atom is -0.423 e. The highest BCUT2D eigenvalue weighted by molar-refractivity contribution is 6.58. The Morgan fingerprint density at radius 2 is 2.27 bits per heavy atom. The van der Waals surface area contributed by atoms with Gasteiger partial charge in [-0.25, -0.2) is 0 Å². The number of rotatable bonds is 2. The van der Waals surface area contributed by atoms with Gasteiger partial charge in [0, 0.05) is 19.3 Å². The Morgan fingerprint density at radius 3 is 2.87 bits per heavy atom. The number of anilines is 1. The van der Waals surface area contributed by atoms with Crippen LogP contribution < -0.4 is 10.4 Å². The molecule has 0 fully saturated rings. The van der Waals surface area contributed by atoms with Gasteiger partial charge in [0.25, 0.3) is 0 Å². The maximum atomic E-state index is 10.8. The van der Waals surface area contributed by atoms with Gasteiger partial charge in [-0.3, -0.25) is 0 Å². The van der Waals surface area contributed by atoms with Crippen molar-refractivity contribution in [3.05, 3.63) is 23.8 Å². The number of fused-ring (bicyclic) bond motifs is 1. The summed E-state index contributed by atoms with van der Waals surface area (Å²) in [7, 11) is 0.426. The molecular weight excluding hydrogens is 193 g/mol. The molecule has 1 aliphatic rings. The van der Waals surface area contributed by atoms with Crippen molar-refractivity contribution in [3.8, 4) is 0 Å². The fraction of sp³-hybridized carbons (Fsp3) is 0.300. The van der Waals surface area contributed by atoms with E-state index in [1.807, 2.05) is 11.9 Å². The minimum absolute atomic E-state index is 0.102. The lowest BCUT2D eigenvalue weighted by molar-refractivity contribution is -0.108. The van der Waals surface area contributed by atoms with E-state index in [0.29, 0.717) is 12.0 Å². The second-order valence-electron chi connectivity index (χ2n) is 3.82. The maximum Gasteiger partial charge on any atom is 0.488 e. The van der Waals surface area contributed by atoms with Crippen LogP contribution in [-0.4, -0.2) is 37.0 Å². The van der Waals surface area contributed by atoms with Crippen molar-refractivity contribution in [1.82, 2.24) is 0 Å². The summed E-state index contributed by atoms with van der Waals surface area (Å²) < 4.78 is 0. The van der Waals surface area contributed by atoms with Crippen molar-refractivity contribution in [3.63, 3.8) is 0 Å². The third-order valence-corrected chi connectivity index (χ3v) is 2.80. The number of carbonyl (C=O) groups is 1. The van der Waals surface area contributed by atoms with E-state index in [0.717, 1.165) is 17.5 Å². The monoisotopic (exact) mass is 205 g/mol. The van der Waals surface area contributed by atoms with E-state index in [-0.39, 0.29) is 5.92 Å². The lowest BCUT2D eigenvalue weighted by Gasteiger charge is -2.12. The Morgan fingerprint density at radius 1 is 1.53 bits per heavy atom. The molecule has 15 heavy (non-hydrogen) atoms. The molecule has 5 heteroatoms. The number of hydrogen-bond donors (Lipinski definition) is 2. The molecule has 2 rings (SSSR count). The van der Waals surface area contributed by atoms with Gasteiger partial charge in [0.1, 0.15) is 6.29 Å². The van der Waals surface area contributed by atoms with Gasteiger partial charge in [0.15, 0.2) is 0 Å². The quantitative estimate of drug-likeness (QED) is 0.485. The molecule has 78 valence electrons. The van der Waals surface area contributed by atoms with Crippen LogP contribution in [0, 0.1) is 0 Å². The van der Waals surface area contributed by atoms with Crippen LogP contribution in [0.5, 0.6) is 0 Å². The smallest absolute Gasteiger partial charge is 0.423 e. The Kier molecular flexibility index (Phi) is 2.50. The normalized spacial score (nSPS) is 18.9. The van der Waals surface area contributed by atoms with Crippen LogP contribution in [0.3, 0.4) is 0 Å². The zero-order chi connectivity index (χ0) is 11.0. The van der Waals surface area contributed by atoms with Crippen LogP contribution in [-0.2, 0) is 4.79 Å². The molecule has 0 spiro atoms. The number of benzene rings is 1. The largest absolute Gasteiger partial charge is 0.488 e. The van der Waals surface area contributed by atoms with E-state index < -0.39 is 7.12 Å². The van der Waals surface area contributed by atoms with Crippen molar-refractivity contribution in [1.29, 1.82) is 0 Å². The molecule has 2 N–H and O–H groups in total. The molecule has 1 aromatic carbocycles. The molecule has 0 aliphatic carbocycles.